The first-order valence-corrected chi connectivity index (χ1v) is 15.0. The predicted molar refractivity (Wildman–Crippen MR) is 148 cm³/mol. The summed E-state index contributed by atoms with van der Waals surface area (Å²) in [7, 11) is 0. The summed E-state index contributed by atoms with van der Waals surface area (Å²) in [6.07, 6.45) is 22.3. The molecule has 0 rings (SSSR count). The number of ether oxygens (including phenoxy) is 1. The van der Waals surface area contributed by atoms with E-state index < -0.39 is 24.4 Å². The summed E-state index contributed by atoms with van der Waals surface area (Å²) in [5.74, 6) is -1.26. The summed E-state index contributed by atoms with van der Waals surface area (Å²) in [5, 5.41) is 11.7. The Balaban J connectivity index is 3.88. The van der Waals surface area contributed by atoms with Crippen LogP contribution < -0.4 is 5.32 Å². The zero-order valence-electron chi connectivity index (χ0n) is 23.8. The van der Waals surface area contributed by atoms with Gasteiger partial charge in [-0.15, -0.1) is 0 Å². The Morgan fingerprint density at radius 3 is 1.67 bits per heavy atom. The van der Waals surface area contributed by atoms with E-state index >= 15 is 0 Å². The van der Waals surface area contributed by atoms with E-state index in [0.717, 1.165) is 44.4 Å². The van der Waals surface area contributed by atoms with E-state index in [-0.39, 0.29) is 12.5 Å². The molecular weight excluding hydrogens is 454 g/mol. The second-order valence-electron chi connectivity index (χ2n) is 10.8. The zero-order valence-corrected chi connectivity index (χ0v) is 23.8. The monoisotopic (exact) mass is 511 g/mol. The molecule has 6 nitrogen and oxygen atoms in total. The molecule has 0 heterocycles. The van der Waals surface area contributed by atoms with E-state index in [1.807, 2.05) is 0 Å². The summed E-state index contributed by atoms with van der Waals surface area (Å²) in [4.78, 5) is 35.7. The van der Waals surface area contributed by atoms with Crippen LogP contribution in [0.25, 0.3) is 0 Å². The Morgan fingerprint density at radius 1 is 0.694 bits per heavy atom. The molecule has 36 heavy (non-hydrogen) atoms. The number of carbonyl (C=O) groups is 3. The van der Waals surface area contributed by atoms with Crippen LogP contribution in [-0.4, -0.2) is 35.6 Å². The van der Waals surface area contributed by atoms with Crippen LogP contribution in [0.15, 0.2) is 0 Å². The van der Waals surface area contributed by atoms with Crippen molar-refractivity contribution in [3.63, 3.8) is 0 Å². The van der Waals surface area contributed by atoms with Crippen LogP contribution in [0.5, 0.6) is 0 Å². The van der Waals surface area contributed by atoms with Crippen molar-refractivity contribution in [3.8, 4) is 0 Å². The zero-order chi connectivity index (χ0) is 26.9. The normalized spacial score (nSPS) is 12.0. The smallest absolute Gasteiger partial charge is 0.329 e. The van der Waals surface area contributed by atoms with Crippen molar-refractivity contribution in [1.82, 2.24) is 5.32 Å². The van der Waals surface area contributed by atoms with Crippen molar-refractivity contribution >= 4 is 17.8 Å². The van der Waals surface area contributed by atoms with Gasteiger partial charge in [0.2, 0.25) is 5.91 Å². The lowest BCUT2D eigenvalue weighted by Crippen LogP contribution is -2.43. The fourth-order valence-corrected chi connectivity index (χ4v) is 4.40. The molecule has 0 aromatic carbocycles. The Labute approximate surface area is 221 Å². The number of nitrogens with one attached hydrogen (secondary N) is 1. The van der Waals surface area contributed by atoms with E-state index in [9.17, 15) is 14.4 Å². The number of carboxylic acids is 1. The van der Waals surface area contributed by atoms with E-state index in [2.05, 4.69) is 26.1 Å². The molecule has 0 aliphatic rings. The number of esters is 1. The minimum Gasteiger partial charge on any atom is -0.481 e. The molecule has 6 heteroatoms. The molecule has 1 atom stereocenters. The number of unbranched alkanes of at least 4 members (excludes halogenated alkanes) is 16. The fourth-order valence-electron chi connectivity index (χ4n) is 4.40. The molecule has 0 aliphatic heterocycles. The van der Waals surface area contributed by atoms with Crippen LogP contribution in [-0.2, 0) is 19.1 Å². The maximum Gasteiger partial charge on any atom is 0.329 e. The lowest BCUT2D eigenvalue weighted by atomic mass is 10.0. The van der Waals surface area contributed by atoms with Gasteiger partial charge in [0.1, 0.15) is 6.04 Å². The molecule has 0 saturated carbocycles. The van der Waals surface area contributed by atoms with Gasteiger partial charge in [-0.25, -0.2) is 4.79 Å². The van der Waals surface area contributed by atoms with Crippen molar-refractivity contribution in [2.24, 2.45) is 5.92 Å². The summed E-state index contributed by atoms with van der Waals surface area (Å²) in [6, 6.07) is -1.11. The van der Waals surface area contributed by atoms with Crippen LogP contribution in [0, 0.1) is 5.92 Å². The maximum atomic E-state index is 12.3. The molecule has 0 bridgehead atoms. The standard InChI is InChI=1S/C30H57NO5/c1-4-5-6-7-8-9-10-11-14-17-20-23-28(32)31-27(25-29(33)34)30(35)36-24-21-18-15-12-13-16-19-22-26(2)3/h26-27H,4-25H2,1-3H3,(H,31,32)(H,33,34)/t27-/m0/s1. The van der Waals surface area contributed by atoms with Crippen LogP contribution in [0.3, 0.4) is 0 Å². The Hall–Kier alpha value is -1.59. The molecule has 0 unspecified atom stereocenters. The lowest BCUT2D eigenvalue weighted by molar-refractivity contribution is -0.151. The number of amides is 1. The van der Waals surface area contributed by atoms with Crippen molar-refractivity contribution in [1.29, 1.82) is 0 Å². The van der Waals surface area contributed by atoms with E-state index in [0.29, 0.717) is 6.42 Å². The number of carbonyl (C=O) groups excluding carboxylic acids is 2. The van der Waals surface area contributed by atoms with Crippen molar-refractivity contribution in [2.45, 2.75) is 162 Å². The average molecular weight is 512 g/mol. The van der Waals surface area contributed by atoms with Crippen LogP contribution in [0.1, 0.15) is 156 Å². The number of carboxylic acid groups (broad SMARTS) is 1. The molecule has 0 fully saturated rings. The Bertz CT molecular complexity index is 549. The largest absolute Gasteiger partial charge is 0.481 e. The third-order valence-corrected chi connectivity index (χ3v) is 6.68. The Morgan fingerprint density at radius 2 is 1.17 bits per heavy atom. The van der Waals surface area contributed by atoms with E-state index in [4.69, 9.17) is 9.84 Å². The number of hydrogen-bond donors (Lipinski definition) is 2. The van der Waals surface area contributed by atoms with Crippen LogP contribution >= 0.6 is 0 Å². The van der Waals surface area contributed by atoms with Gasteiger partial charge in [-0.2, -0.15) is 0 Å². The van der Waals surface area contributed by atoms with Gasteiger partial charge in [-0.1, -0.05) is 130 Å². The number of rotatable bonds is 26. The van der Waals surface area contributed by atoms with Gasteiger partial charge >= 0.3 is 11.9 Å². The molecule has 0 aliphatic carbocycles. The molecule has 212 valence electrons. The van der Waals surface area contributed by atoms with Gasteiger partial charge < -0.3 is 15.2 Å². The van der Waals surface area contributed by atoms with Crippen LogP contribution in [0.4, 0.5) is 0 Å². The Kier molecular flexibility index (Phi) is 24.0. The summed E-state index contributed by atoms with van der Waals surface area (Å²) < 4.78 is 5.27. The van der Waals surface area contributed by atoms with Crippen molar-refractivity contribution in [2.75, 3.05) is 6.61 Å². The molecule has 2 N–H and O–H groups in total. The number of aliphatic carboxylic acids is 1. The highest BCUT2D eigenvalue weighted by Gasteiger charge is 2.24. The highest BCUT2D eigenvalue weighted by atomic mass is 16.5. The second kappa shape index (κ2) is 25.1. The predicted octanol–water partition coefficient (Wildman–Crippen LogP) is 7.97. The third kappa shape index (κ3) is 24.1. The summed E-state index contributed by atoms with van der Waals surface area (Å²) >= 11 is 0. The van der Waals surface area contributed by atoms with Crippen molar-refractivity contribution < 1.29 is 24.2 Å². The summed E-state index contributed by atoms with van der Waals surface area (Å²) in [5.41, 5.74) is 0. The van der Waals surface area contributed by atoms with Gasteiger partial charge in [0, 0.05) is 6.42 Å². The third-order valence-electron chi connectivity index (χ3n) is 6.68. The molecule has 0 spiro atoms. The number of hydrogen-bond acceptors (Lipinski definition) is 4. The first kappa shape index (κ1) is 34.4. The molecular formula is C30H57NO5. The van der Waals surface area contributed by atoms with Gasteiger partial charge in [-0.3, -0.25) is 9.59 Å². The first-order valence-electron chi connectivity index (χ1n) is 15.0. The topological polar surface area (TPSA) is 92.7 Å². The van der Waals surface area contributed by atoms with E-state index in [1.54, 1.807) is 0 Å². The first-order chi connectivity index (χ1) is 17.4. The quantitative estimate of drug-likeness (QED) is 0.0907. The maximum absolute atomic E-state index is 12.3. The average Bonchev–Trinajstić information content (AvgIpc) is 2.82. The second-order valence-corrected chi connectivity index (χ2v) is 10.8. The highest BCUT2D eigenvalue weighted by Crippen LogP contribution is 2.13. The SMILES string of the molecule is CCCCCCCCCCCCCC(=O)N[C@@H](CC(=O)O)C(=O)OCCCCCCCCCC(C)C. The van der Waals surface area contributed by atoms with Crippen LogP contribution in [0.2, 0.25) is 0 Å². The van der Waals surface area contributed by atoms with Gasteiger partial charge in [-0.05, 0) is 18.8 Å². The van der Waals surface area contributed by atoms with Gasteiger partial charge in [0.15, 0.2) is 0 Å². The van der Waals surface area contributed by atoms with Crippen molar-refractivity contribution in [3.05, 3.63) is 0 Å². The molecule has 1 amide bonds. The lowest BCUT2D eigenvalue weighted by Gasteiger charge is -2.16. The molecule has 0 aromatic heterocycles. The van der Waals surface area contributed by atoms with E-state index in [1.165, 1.54) is 83.5 Å². The van der Waals surface area contributed by atoms with Gasteiger partial charge in [0.25, 0.3) is 0 Å². The molecule has 0 aromatic rings. The molecule has 0 radical (unpaired) electrons. The highest BCUT2D eigenvalue weighted by molar-refractivity contribution is 5.87. The minimum absolute atomic E-state index is 0.272. The fraction of sp³-hybridized carbons (Fsp3) is 0.900. The minimum atomic E-state index is -1.12. The van der Waals surface area contributed by atoms with Gasteiger partial charge in [0.05, 0.1) is 13.0 Å². The summed E-state index contributed by atoms with van der Waals surface area (Å²) in [6.45, 7) is 7.02. The molecule has 0 saturated heterocycles.